The molecular formula is C16H12F2N2O. The van der Waals surface area contributed by atoms with Gasteiger partial charge in [0.2, 0.25) is 5.70 Å². The summed E-state index contributed by atoms with van der Waals surface area (Å²) in [6, 6.07) is 5.19. The van der Waals surface area contributed by atoms with E-state index in [0.717, 1.165) is 12.1 Å². The molecule has 0 amide bonds. The lowest BCUT2D eigenvalue weighted by Crippen LogP contribution is -2.24. The van der Waals surface area contributed by atoms with Crippen molar-refractivity contribution in [1.29, 1.82) is 5.26 Å². The third-order valence-corrected chi connectivity index (χ3v) is 3.68. The Hall–Kier alpha value is -2.66. The fourth-order valence-electron chi connectivity index (χ4n) is 2.31. The average Bonchev–Trinajstić information content (AvgIpc) is 2.70. The Labute approximate surface area is 121 Å². The SMILES string of the molecule is [C-]#[N+]/C(C)=C1\OC(C)(c2ccc(F)cc2F)C(C)=C1C#N. The van der Waals surface area contributed by atoms with Crippen LogP contribution in [0.15, 0.2) is 40.8 Å². The van der Waals surface area contributed by atoms with E-state index in [1.807, 2.05) is 6.07 Å². The zero-order valence-electron chi connectivity index (χ0n) is 11.8. The van der Waals surface area contributed by atoms with Crippen LogP contribution in [0.25, 0.3) is 4.85 Å². The van der Waals surface area contributed by atoms with Crippen LogP contribution in [-0.2, 0) is 10.3 Å². The van der Waals surface area contributed by atoms with Gasteiger partial charge in [-0.2, -0.15) is 5.26 Å². The Morgan fingerprint density at radius 1 is 1.43 bits per heavy atom. The lowest BCUT2D eigenvalue weighted by Gasteiger charge is -2.27. The first-order valence-electron chi connectivity index (χ1n) is 6.20. The maximum Gasteiger partial charge on any atom is 0.204 e. The minimum absolute atomic E-state index is 0.127. The fraction of sp³-hybridized carbons (Fsp3) is 0.250. The number of halogens is 2. The number of ether oxygens (including phenoxy) is 1. The van der Waals surface area contributed by atoms with Gasteiger partial charge in [-0.25, -0.2) is 13.6 Å². The molecular weight excluding hydrogens is 274 g/mol. The second-order valence-electron chi connectivity index (χ2n) is 4.90. The smallest absolute Gasteiger partial charge is 0.204 e. The second kappa shape index (κ2) is 5.03. The Morgan fingerprint density at radius 3 is 2.62 bits per heavy atom. The van der Waals surface area contributed by atoms with E-state index in [0.29, 0.717) is 5.57 Å². The number of rotatable bonds is 1. The predicted octanol–water partition coefficient (Wildman–Crippen LogP) is 4.20. The summed E-state index contributed by atoms with van der Waals surface area (Å²) in [6.07, 6.45) is 0. The van der Waals surface area contributed by atoms with Gasteiger partial charge in [0.05, 0.1) is 12.1 Å². The summed E-state index contributed by atoms with van der Waals surface area (Å²) in [5.74, 6) is -1.29. The third kappa shape index (κ3) is 2.17. The molecule has 1 heterocycles. The Kier molecular flexibility index (Phi) is 3.53. The molecule has 0 radical (unpaired) electrons. The molecule has 1 atom stereocenters. The molecule has 0 N–H and O–H groups in total. The highest BCUT2D eigenvalue weighted by Crippen LogP contribution is 2.46. The quantitative estimate of drug-likeness (QED) is 0.725. The second-order valence-corrected chi connectivity index (χ2v) is 4.90. The lowest BCUT2D eigenvalue weighted by molar-refractivity contribution is 0.0685. The van der Waals surface area contributed by atoms with Crippen molar-refractivity contribution in [1.82, 2.24) is 0 Å². The maximum atomic E-state index is 14.1. The largest absolute Gasteiger partial charge is 0.488 e. The van der Waals surface area contributed by atoms with E-state index in [2.05, 4.69) is 4.85 Å². The number of hydrogen-bond acceptors (Lipinski definition) is 2. The molecule has 1 aromatic rings. The van der Waals surface area contributed by atoms with Gasteiger partial charge < -0.3 is 4.74 Å². The zero-order valence-corrected chi connectivity index (χ0v) is 11.8. The van der Waals surface area contributed by atoms with Crippen LogP contribution in [0.1, 0.15) is 26.3 Å². The number of benzene rings is 1. The van der Waals surface area contributed by atoms with Crippen molar-refractivity contribution in [2.45, 2.75) is 26.4 Å². The Balaban J connectivity index is 2.69. The van der Waals surface area contributed by atoms with Crippen LogP contribution in [0.3, 0.4) is 0 Å². The molecule has 0 fully saturated rings. The van der Waals surface area contributed by atoms with Crippen molar-refractivity contribution in [2.24, 2.45) is 0 Å². The molecule has 1 aliphatic rings. The molecule has 1 unspecified atom stereocenters. The highest BCUT2D eigenvalue weighted by molar-refractivity contribution is 5.54. The van der Waals surface area contributed by atoms with Crippen molar-refractivity contribution < 1.29 is 13.5 Å². The van der Waals surface area contributed by atoms with E-state index in [1.54, 1.807) is 13.8 Å². The summed E-state index contributed by atoms with van der Waals surface area (Å²) in [5, 5.41) is 9.27. The van der Waals surface area contributed by atoms with E-state index < -0.39 is 17.2 Å². The van der Waals surface area contributed by atoms with Gasteiger partial charge in [0.15, 0.2) is 5.60 Å². The standard InChI is InChI=1S/C16H12F2N2O/c1-9-12(8-19)15(10(2)20-4)21-16(9,3)13-6-5-11(17)7-14(13)18/h5-7H,1-3H3/b15-10-. The summed E-state index contributed by atoms with van der Waals surface area (Å²) in [5.41, 5.74) is -0.174. The van der Waals surface area contributed by atoms with Crippen LogP contribution in [-0.4, -0.2) is 0 Å². The molecule has 21 heavy (non-hydrogen) atoms. The summed E-state index contributed by atoms with van der Waals surface area (Å²) in [6.45, 7) is 11.8. The summed E-state index contributed by atoms with van der Waals surface area (Å²) in [7, 11) is 0. The zero-order chi connectivity index (χ0) is 15.8. The van der Waals surface area contributed by atoms with E-state index in [9.17, 15) is 14.0 Å². The molecule has 0 aromatic heterocycles. The van der Waals surface area contributed by atoms with E-state index in [1.165, 1.54) is 13.0 Å². The lowest BCUT2D eigenvalue weighted by atomic mass is 9.87. The van der Waals surface area contributed by atoms with Gasteiger partial charge in [-0.15, -0.1) is 0 Å². The van der Waals surface area contributed by atoms with Crippen LogP contribution < -0.4 is 0 Å². The molecule has 2 rings (SSSR count). The fourth-order valence-corrected chi connectivity index (χ4v) is 2.31. The number of hydrogen-bond donors (Lipinski definition) is 0. The molecule has 0 saturated carbocycles. The van der Waals surface area contributed by atoms with E-state index in [4.69, 9.17) is 11.3 Å². The minimum atomic E-state index is -1.23. The van der Waals surface area contributed by atoms with Crippen LogP contribution in [0.2, 0.25) is 0 Å². The molecule has 5 heteroatoms. The highest BCUT2D eigenvalue weighted by Gasteiger charge is 2.43. The first-order valence-corrected chi connectivity index (χ1v) is 6.20. The molecule has 3 nitrogen and oxygen atoms in total. The van der Waals surface area contributed by atoms with Crippen LogP contribution >= 0.6 is 0 Å². The monoisotopic (exact) mass is 286 g/mol. The average molecular weight is 286 g/mol. The van der Waals surface area contributed by atoms with Crippen LogP contribution in [0.5, 0.6) is 0 Å². The van der Waals surface area contributed by atoms with Crippen molar-refractivity contribution in [3.63, 3.8) is 0 Å². The third-order valence-electron chi connectivity index (χ3n) is 3.68. The summed E-state index contributed by atoms with van der Waals surface area (Å²) < 4.78 is 32.9. The van der Waals surface area contributed by atoms with Crippen molar-refractivity contribution in [3.8, 4) is 6.07 Å². The van der Waals surface area contributed by atoms with Crippen molar-refractivity contribution >= 4 is 0 Å². The predicted molar refractivity (Wildman–Crippen MR) is 72.4 cm³/mol. The van der Waals surface area contributed by atoms with Gasteiger partial charge in [-0.1, -0.05) is 0 Å². The minimum Gasteiger partial charge on any atom is -0.488 e. The first-order chi connectivity index (χ1) is 9.85. The van der Waals surface area contributed by atoms with E-state index >= 15 is 0 Å². The molecule has 106 valence electrons. The number of nitriles is 1. The van der Waals surface area contributed by atoms with Gasteiger partial charge in [0, 0.05) is 11.6 Å². The number of nitrogens with zero attached hydrogens (tertiary/aromatic N) is 2. The van der Waals surface area contributed by atoms with Gasteiger partial charge >= 0.3 is 0 Å². The van der Waals surface area contributed by atoms with Gasteiger partial charge in [-0.05, 0) is 38.5 Å². The first kappa shape index (κ1) is 14.7. The molecule has 0 aliphatic carbocycles. The van der Waals surface area contributed by atoms with E-state index in [-0.39, 0.29) is 22.6 Å². The summed E-state index contributed by atoms with van der Waals surface area (Å²) >= 11 is 0. The van der Waals surface area contributed by atoms with Crippen LogP contribution in [0, 0.1) is 29.5 Å². The molecule has 1 aliphatic heterocycles. The normalized spacial score (nSPS) is 23.4. The number of allylic oxidation sites excluding steroid dienone is 2. The summed E-state index contributed by atoms with van der Waals surface area (Å²) in [4.78, 5) is 3.26. The van der Waals surface area contributed by atoms with Crippen molar-refractivity contribution in [3.05, 3.63) is 69.4 Å². The molecule has 0 bridgehead atoms. The molecule has 0 saturated heterocycles. The Bertz CT molecular complexity index is 765. The Morgan fingerprint density at radius 2 is 2.10 bits per heavy atom. The molecule has 1 aromatic carbocycles. The van der Waals surface area contributed by atoms with Crippen LogP contribution in [0.4, 0.5) is 8.78 Å². The van der Waals surface area contributed by atoms with Gasteiger partial charge in [0.1, 0.15) is 23.5 Å². The molecule has 0 spiro atoms. The van der Waals surface area contributed by atoms with Gasteiger partial charge in [-0.3, -0.25) is 0 Å². The highest BCUT2D eigenvalue weighted by atomic mass is 19.1. The topological polar surface area (TPSA) is 37.4 Å². The van der Waals surface area contributed by atoms with Crippen molar-refractivity contribution in [2.75, 3.05) is 0 Å². The maximum absolute atomic E-state index is 14.1. The van der Waals surface area contributed by atoms with Gasteiger partial charge in [0.25, 0.3) is 0 Å².